The molecule has 3 aromatic heterocycles. The van der Waals surface area contributed by atoms with E-state index in [1.54, 1.807) is 47.7 Å². The van der Waals surface area contributed by atoms with Gasteiger partial charge in [0.1, 0.15) is 22.6 Å². The van der Waals surface area contributed by atoms with Gasteiger partial charge in [-0.2, -0.15) is 5.26 Å². The van der Waals surface area contributed by atoms with E-state index < -0.39 is 5.97 Å². The second-order valence-electron chi connectivity index (χ2n) is 5.92. The van der Waals surface area contributed by atoms with Crippen molar-refractivity contribution in [3.05, 3.63) is 75.6 Å². The molecule has 0 N–H and O–H groups in total. The van der Waals surface area contributed by atoms with Gasteiger partial charge in [-0.15, -0.1) is 22.7 Å². The minimum absolute atomic E-state index is 0.417. The monoisotopic (exact) mass is 418 g/mol. The normalized spacial score (nSPS) is 11.2. The third-order valence-electron chi connectivity index (χ3n) is 4.14. The third-order valence-corrected chi connectivity index (χ3v) is 5.91. The molecule has 0 aliphatic heterocycles. The van der Waals surface area contributed by atoms with Crippen molar-refractivity contribution >= 4 is 40.3 Å². The molecule has 0 fully saturated rings. The standard InChI is InChI=1S/C22H14N2O3S2/c1-26-22(25)17-6-3-2-5-16(17)19-9-8-15(27-19)11-14(12-23)21-24-18(13-29-21)20-7-4-10-28-20/h2-11,13H,1H3/b14-11+. The number of allylic oxidation sites excluding steroid dienone is 1. The molecule has 4 aromatic rings. The molecule has 3 heterocycles. The number of ether oxygens (including phenoxy) is 1. The van der Waals surface area contributed by atoms with Crippen LogP contribution in [0.5, 0.6) is 0 Å². The van der Waals surface area contributed by atoms with Gasteiger partial charge in [0.2, 0.25) is 0 Å². The van der Waals surface area contributed by atoms with E-state index >= 15 is 0 Å². The second-order valence-corrected chi connectivity index (χ2v) is 7.73. The Labute approximate surface area is 175 Å². The summed E-state index contributed by atoms with van der Waals surface area (Å²) in [5, 5.41) is 14.2. The van der Waals surface area contributed by atoms with Crippen LogP contribution in [0.1, 0.15) is 21.1 Å². The number of esters is 1. The maximum absolute atomic E-state index is 12.0. The number of hydrogen-bond acceptors (Lipinski definition) is 7. The highest BCUT2D eigenvalue weighted by Crippen LogP contribution is 2.31. The lowest BCUT2D eigenvalue weighted by atomic mass is 10.1. The first-order valence-corrected chi connectivity index (χ1v) is 10.3. The van der Waals surface area contributed by atoms with Crippen molar-refractivity contribution in [2.24, 2.45) is 0 Å². The summed E-state index contributed by atoms with van der Waals surface area (Å²) < 4.78 is 10.7. The Morgan fingerprint density at radius 2 is 2.03 bits per heavy atom. The van der Waals surface area contributed by atoms with Gasteiger partial charge in [-0.3, -0.25) is 0 Å². The lowest BCUT2D eigenvalue weighted by Crippen LogP contribution is -2.02. The first-order valence-electron chi connectivity index (χ1n) is 8.58. The van der Waals surface area contributed by atoms with Crippen molar-refractivity contribution in [1.82, 2.24) is 4.98 Å². The average molecular weight is 418 g/mol. The van der Waals surface area contributed by atoms with Gasteiger partial charge in [0.25, 0.3) is 0 Å². The van der Waals surface area contributed by atoms with E-state index in [9.17, 15) is 10.1 Å². The predicted octanol–water partition coefficient (Wildman–Crippen LogP) is 5.98. The number of aromatic nitrogens is 1. The van der Waals surface area contributed by atoms with Crippen LogP contribution >= 0.6 is 22.7 Å². The van der Waals surface area contributed by atoms with E-state index in [1.165, 1.54) is 18.4 Å². The molecule has 142 valence electrons. The Balaban J connectivity index is 1.65. The van der Waals surface area contributed by atoms with Gasteiger partial charge in [0.05, 0.1) is 28.8 Å². The number of carbonyl (C=O) groups excluding carboxylic acids is 1. The average Bonchev–Trinajstić information content (AvgIpc) is 3.52. The molecular formula is C22H14N2O3S2. The minimum Gasteiger partial charge on any atom is -0.465 e. The van der Waals surface area contributed by atoms with Crippen LogP contribution in [0.25, 0.3) is 33.5 Å². The van der Waals surface area contributed by atoms with Crippen LogP contribution in [0, 0.1) is 11.3 Å². The molecule has 29 heavy (non-hydrogen) atoms. The van der Waals surface area contributed by atoms with Gasteiger partial charge in [-0.25, -0.2) is 9.78 Å². The number of hydrogen-bond donors (Lipinski definition) is 0. The highest BCUT2D eigenvalue weighted by molar-refractivity contribution is 7.14. The molecule has 7 heteroatoms. The molecule has 0 saturated carbocycles. The highest BCUT2D eigenvalue weighted by Gasteiger charge is 2.16. The molecule has 0 aliphatic carbocycles. The van der Waals surface area contributed by atoms with E-state index in [0.29, 0.717) is 33.2 Å². The quantitative estimate of drug-likeness (QED) is 0.294. The van der Waals surface area contributed by atoms with E-state index in [4.69, 9.17) is 9.15 Å². The number of methoxy groups -OCH3 is 1. The summed E-state index contributed by atoms with van der Waals surface area (Å²) in [7, 11) is 1.34. The van der Waals surface area contributed by atoms with E-state index in [2.05, 4.69) is 11.1 Å². The molecule has 4 rings (SSSR count). The number of rotatable bonds is 5. The molecule has 1 aromatic carbocycles. The zero-order valence-corrected chi connectivity index (χ0v) is 16.9. The largest absolute Gasteiger partial charge is 0.465 e. The molecule has 0 atom stereocenters. The number of carbonyl (C=O) groups is 1. The lowest BCUT2D eigenvalue weighted by molar-refractivity contribution is 0.0601. The van der Waals surface area contributed by atoms with Gasteiger partial charge in [-0.1, -0.05) is 24.3 Å². The van der Waals surface area contributed by atoms with Crippen molar-refractivity contribution in [1.29, 1.82) is 5.26 Å². The number of nitriles is 1. The topological polar surface area (TPSA) is 76.1 Å². The lowest BCUT2D eigenvalue weighted by Gasteiger charge is -2.04. The van der Waals surface area contributed by atoms with Crippen LogP contribution in [0.4, 0.5) is 0 Å². The third kappa shape index (κ3) is 3.90. The maximum atomic E-state index is 12.0. The second kappa shape index (κ2) is 8.27. The first-order chi connectivity index (χ1) is 14.2. The van der Waals surface area contributed by atoms with E-state index in [0.717, 1.165) is 10.6 Å². The van der Waals surface area contributed by atoms with Gasteiger partial charge < -0.3 is 9.15 Å². The summed E-state index contributed by atoms with van der Waals surface area (Å²) in [5.74, 6) is 0.591. The predicted molar refractivity (Wildman–Crippen MR) is 114 cm³/mol. The van der Waals surface area contributed by atoms with Crippen molar-refractivity contribution in [3.8, 4) is 28.0 Å². The summed E-state index contributed by atoms with van der Waals surface area (Å²) in [6.07, 6.45) is 1.65. The molecule has 0 unspecified atom stereocenters. The minimum atomic E-state index is -0.435. The van der Waals surface area contributed by atoms with Crippen molar-refractivity contribution in [3.63, 3.8) is 0 Å². The number of thiophene rings is 1. The SMILES string of the molecule is COC(=O)c1ccccc1-c1ccc(/C=C(\C#N)c2nc(-c3cccs3)cs2)o1. The molecule has 0 amide bonds. The van der Waals surface area contributed by atoms with E-state index in [1.807, 2.05) is 29.0 Å². The number of nitrogens with zero attached hydrogens (tertiary/aromatic N) is 2. The van der Waals surface area contributed by atoms with Crippen LogP contribution in [0.3, 0.4) is 0 Å². The fourth-order valence-electron chi connectivity index (χ4n) is 2.78. The molecule has 0 aliphatic rings. The Morgan fingerprint density at radius 3 is 2.79 bits per heavy atom. The number of thiazole rings is 1. The van der Waals surface area contributed by atoms with Crippen LogP contribution in [-0.4, -0.2) is 18.1 Å². The van der Waals surface area contributed by atoms with Crippen molar-refractivity contribution < 1.29 is 13.9 Å². The zero-order valence-electron chi connectivity index (χ0n) is 15.3. The smallest absolute Gasteiger partial charge is 0.338 e. The molecule has 0 spiro atoms. The summed E-state index contributed by atoms with van der Waals surface area (Å²) in [6, 6.07) is 16.7. The summed E-state index contributed by atoms with van der Waals surface area (Å²) >= 11 is 3.02. The molecule has 0 bridgehead atoms. The first kappa shape index (κ1) is 18.9. The maximum Gasteiger partial charge on any atom is 0.338 e. The number of benzene rings is 1. The van der Waals surface area contributed by atoms with Crippen LogP contribution < -0.4 is 0 Å². The summed E-state index contributed by atoms with van der Waals surface area (Å²) in [5.41, 5.74) is 2.32. The molecular weight excluding hydrogens is 404 g/mol. The summed E-state index contributed by atoms with van der Waals surface area (Å²) in [6.45, 7) is 0. The fourth-order valence-corrected chi connectivity index (χ4v) is 4.33. The molecule has 0 radical (unpaired) electrons. The van der Waals surface area contributed by atoms with Gasteiger partial charge in [-0.05, 0) is 29.6 Å². The highest BCUT2D eigenvalue weighted by atomic mass is 32.1. The van der Waals surface area contributed by atoms with Crippen LogP contribution in [0.2, 0.25) is 0 Å². The van der Waals surface area contributed by atoms with Crippen LogP contribution in [-0.2, 0) is 4.74 Å². The van der Waals surface area contributed by atoms with Crippen molar-refractivity contribution in [2.45, 2.75) is 0 Å². The Kier molecular flexibility index (Phi) is 5.38. The van der Waals surface area contributed by atoms with Gasteiger partial charge in [0.15, 0.2) is 0 Å². The number of furan rings is 1. The zero-order chi connectivity index (χ0) is 20.2. The Morgan fingerprint density at radius 1 is 1.17 bits per heavy atom. The van der Waals surface area contributed by atoms with Gasteiger partial charge >= 0.3 is 5.97 Å². The molecule has 0 saturated heterocycles. The van der Waals surface area contributed by atoms with Gasteiger partial charge in [0, 0.05) is 17.0 Å². The molecule has 5 nitrogen and oxygen atoms in total. The Hall–Kier alpha value is -3.47. The van der Waals surface area contributed by atoms with Crippen LogP contribution in [0.15, 0.2) is 63.7 Å². The summed E-state index contributed by atoms with van der Waals surface area (Å²) in [4.78, 5) is 17.6. The van der Waals surface area contributed by atoms with E-state index in [-0.39, 0.29) is 0 Å². The fraction of sp³-hybridized carbons (Fsp3) is 0.0455. The van der Waals surface area contributed by atoms with Crippen molar-refractivity contribution in [2.75, 3.05) is 7.11 Å². The Bertz CT molecular complexity index is 1230.